The van der Waals surface area contributed by atoms with E-state index in [1.165, 1.54) is 7.11 Å². The Hall–Kier alpha value is -2.68. The van der Waals surface area contributed by atoms with Gasteiger partial charge in [0.2, 0.25) is 0 Å². The molecule has 34 heavy (non-hydrogen) atoms. The van der Waals surface area contributed by atoms with E-state index < -0.39 is 0 Å². The summed E-state index contributed by atoms with van der Waals surface area (Å²) < 4.78 is 27.5. The van der Waals surface area contributed by atoms with Crippen molar-refractivity contribution in [3.8, 4) is 23.0 Å². The van der Waals surface area contributed by atoms with Crippen LogP contribution in [-0.2, 0) is 4.74 Å². The molecular formula is C25H33ClN2O6. The highest BCUT2D eigenvalue weighted by Crippen LogP contribution is 2.37. The van der Waals surface area contributed by atoms with Crippen LogP contribution in [0, 0.1) is 0 Å². The van der Waals surface area contributed by atoms with Crippen molar-refractivity contribution in [1.29, 1.82) is 0 Å². The van der Waals surface area contributed by atoms with Crippen molar-refractivity contribution >= 4 is 17.5 Å². The van der Waals surface area contributed by atoms with Gasteiger partial charge in [-0.15, -0.1) is 0 Å². The van der Waals surface area contributed by atoms with Gasteiger partial charge in [0.05, 0.1) is 52.2 Å². The number of halogens is 1. The Bertz CT molecular complexity index is 965. The maximum absolute atomic E-state index is 13.1. The van der Waals surface area contributed by atoms with E-state index in [1.807, 2.05) is 25.1 Å². The van der Waals surface area contributed by atoms with E-state index >= 15 is 0 Å². The smallest absolute Gasteiger partial charge is 0.251 e. The Balaban J connectivity index is 1.81. The number of carbonyl (C=O) groups excluding carboxylic acids is 1. The molecule has 1 aliphatic rings. The molecule has 2 aromatic rings. The van der Waals surface area contributed by atoms with Gasteiger partial charge in [-0.1, -0.05) is 24.6 Å². The van der Waals surface area contributed by atoms with Crippen molar-refractivity contribution in [3.05, 3.63) is 46.5 Å². The van der Waals surface area contributed by atoms with Crippen LogP contribution in [-0.4, -0.2) is 71.6 Å². The number of nitrogens with zero attached hydrogens (tertiary/aromatic N) is 1. The fraction of sp³-hybridized carbons (Fsp3) is 0.480. The largest absolute Gasteiger partial charge is 0.493 e. The van der Waals surface area contributed by atoms with Crippen molar-refractivity contribution in [2.75, 3.05) is 60.8 Å². The molecule has 8 nitrogen and oxygen atoms in total. The van der Waals surface area contributed by atoms with E-state index in [1.54, 1.807) is 26.4 Å². The maximum atomic E-state index is 13.1. The Morgan fingerprint density at radius 1 is 1.06 bits per heavy atom. The van der Waals surface area contributed by atoms with Gasteiger partial charge >= 0.3 is 0 Å². The normalized spacial score (nSPS) is 14.9. The van der Waals surface area contributed by atoms with Crippen LogP contribution in [0.25, 0.3) is 0 Å². The second-order valence-corrected chi connectivity index (χ2v) is 8.23. The predicted octanol–water partition coefficient (Wildman–Crippen LogP) is 3.96. The first-order chi connectivity index (χ1) is 16.5. The Kier molecular flexibility index (Phi) is 9.68. The molecule has 0 aromatic heterocycles. The van der Waals surface area contributed by atoms with Crippen LogP contribution in [0.15, 0.2) is 30.3 Å². The van der Waals surface area contributed by atoms with Crippen LogP contribution in [0.3, 0.4) is 0 Å². The summed E-state index contributed by atoms with van der Waals surface area (Å²) >= 11 is 6.40. The highest BCUT2D eigenvalue weighted by Gasteiger charge is 2.25. The summed E-state index contributed by atoms with van der Waals surface area (Å²) in [5.41, 5.74) is 1.41. The fourth-order valence-electron chi connectivity index (χ4n) is 3.89. The van der Waals surface area contributed by atoms with Crippen molar-refractivity contribution in [2.45, 2.75) is 19.4 Å². The minimum atomic E-state index is -0.249. The van der Waals surface area contributed by atoms with E-state index in [0.29, 0.717) is 59.9 Å². The van der Waals surface area contributed by atoms with Gasteiger partial charge in [0.1, 0.15) is 0 Å². The Labute approximate surface area is 206 Å². The third-order valence-corrected chi connectivity index (χ3v) is 5.96. The third kappa shape index (κ3) is 6.25. The van der Waals surface area contributed by atoms with Crippen LogP contribution < -0.4 is 24.3 Å². The lowest BCUT2D eigenvalue weighted by Crippen LogP contribution is -2.43. The molecule has 0 bridgehead atoms. The highest BCUT2D eigenvalue weighted by atomic mass is 35.5. The molecule has 1 N–H and O–H groups in total. The SMILES string of the molecule is CCCOc1c(Cl)cc(C(=O)NCC(c2ccc(OC)c(OC)c2)N2CCOCC2)cc1OC. The number of hydrogen-bond donors (Lipinski definition) is 1. The van der Waals surface area contributed by atoms with Gasteiger partial charge in [-0.25, -0.2) is 0 Å². The summed E-state index contributed by atoms with van der Waals surface area (Å²) in [5, 5.41) is 3.39. The summed E-state index contributed by atoms with van der Waals surface area (Å²) in [6, 6.07) is 9.00. The molecule has 1 saturated heterocycles. The van der Waals surface area contributed by atoms with Gasteiger partial charge in [-0.2, -0.15) is 0 Å². The van der Waals surface area contributed by atoms with E-state index in [-0.39, 0.29) is 11.9 Å². The molecule has 0 saturated carbocycles. The standard InChI is InChI=1S/C25H33ClN2O6/c1-5-10-34-24-19(26)13-18(15-23(24)32-4)25(29)27-16-20(28-8-11-33-12-9-28)17-6-7-21(30-2)22(14-17)31-3/h6-7,13-15,20H,5,8-12,16H2,1-4H3,(H,27,29). The van der Waals surface area contributed by atoms with Gasteiger partial charge in [-0.3, -0.25) is 9.69 Å². The van der Waals surface area contributed by atoms with E-state index in [4.69, 9.17) is 35.3 Å². The topological polar surface area (TPSA) is 78.5 Å². The minimum absolute atomic E-state index is 0.0721. The zero-order chi connectivity index (χ0) is 24.5. The average molecular weight is 493 g/mol. The molecule has 1 heterocycles. The Morgan fingerprint density at radius 2 is 1.76 bits per heavy atom. The molecule has 2 aromatic carbocycles. The Morgan fingerprint density at radius 3 is 2.41 bits per heavy atom. The fourth-order valence-corrected chi connectivity index (χ4v) is 4.16. The summed E-state index contributed by atoms with van der Waals surface area (Å²) in [7, 11) is 4.74. The number of nitrogens with one attached hydrogen (secondary N) is 1. The van der Waals surface area contributed by atoms with Gasteiger partial charge in [0.15, 0.2) is 23.0 Å². The quantitative estimate of drug-likeness (QED) is 0.508. The molecule has 3 rings (SSSR count). The molecule has 1 unspecified atom stereocenters. The van der Waals surface area contributed by atoms with Gasteiger partial charge < -0.3 is 29.0 Å². The summed E-state index contributed by atoms with van der Waals surface area (Å²) in [5.74, 6) is 1.92. The zero-order valence-corrected chi connectivity index (χ0v) is 20.9. The van der Waals surface area contributed by atoms with E-state index in [9.17, 15) is 4.79 Å². The molecule has 0 radical (unpaired) electrons. The van der Waals surface area contributed by atoms with Crippen molar-refractivity contribution in [3.63, 3.8) is 0 Å². The lowest BCUT2D eigenvalue weighted by atomic mass is 10.0. The molecule has 0 spiro atoms. The first-order valence-electron chi connectivity index (χ1n) is 11.3. The summed E-state index contributed by atoms with van der Waals surface area (Å²) in [6.07, 6.45) is 0.834. The summed E-state index contributed by atoms with van der Waals surface area (Å²) in [4.78, 5) is 15.4. The number of hydrogen-bond acceptors (Lipinski definition) is 7. The first-order valence-corrected chi connectivity index (χ1v) is 11.7. The zero-order valence-electron chi connectivity index (χ0n) is 20.2. The monoisotopic (exact) mass is 492 g/mol. The number of carbonyl (C=O) groups is 1. The van der Waals surface area contributed by atoms with Gasteiger partial charge in [-0.05, 0) is 36.2 Å². The first kappa shape index (κ1) is 25.9. The molecule has 0 aliphatic carbocycles. The van der Waals surface area contributed by atoms with Crippen molar-refractivity contribution in [2.24, 2.45) is 0 Å². The molecule has 1 fully saturated rings. The van der Waals surface area contributed by atoms with Crippen molar-refractivity contribution < 1.29 is 28.5 Å². The van der Waals surface area contributed by atoms with Gasteiger partial charge in [0, 0.05) is 25.2 Å². The van der Waals surface area contributed by atoms with Crippen LogP contribution >= 0.6 is 11.6 Å². The molecule has 1 atom stereocenters. The predicted molar refractivity (Wildman–Crippen MR) is 131 cm³/mol. The molecule has 1 aliphatic heterocycles. The second-order valence-electron chi connectivity index (χ2n) is 7.83. The number of methoxy groups -OCH3 is 3. The molecule has 1 amide bonds. The number of amides is 1. The second kappa shape index (κ2) is 12.7. The number of rotatable bonds is 11. The van der Waals surface area contributed by atoms with Crippen LogP contribution in [0.4, 0.5) is 0 Å². The number of morpholine rings is 1. The highest BCUT2D eigenvalue weighted by molar-refractivity contribution is 6.32. The minimum Gasteiger partial charge on any atom is -0.493 e. The van der Waals surface area contributed by atoms with E-state index in [2.05, 4.69) is 10.2 Å². The number of ether oxygens (including phenoxy) is 5. The maximum Gasteiger partial charge on any atom is 0.251 e. The van der Waals surface area contributed by atoms with Gasteiger partial charge in [0.25, 0.3) is 5.91 Å². The van der Waals surface area contributed by atoms with Crippen molar-refractivity contribution in [1.82, 2.24) is 10.2 Å². The lowest BCUT2D eigenvalue weighted by molar-refractivity contribution is 0.0162. The molecule has 186 valence electrons. The van der Waals surface area contributed by atoms with Crippen LogP contribution in [0.2, 0.25) is 5.02 Å². The third-order valence-electron chi connectivity index (χ3n) is 5.68. The molecule has 9 heteroatoms. The number of benzene rings is 2. The average Bonchev–Trinajstić information content (AvgIpc) is 2.87. The lowest BCUT2D eigenvalue weighted by Gasteiger charge is -2.35. The summed E-state index contributed by atoms with van der Waals surface area (Å²) in [6.45, 7) is 5.71. The van der Waals surface area contributed by atoms with E-state index in [0.717, 1.165) is 25.1 Å². The molecular weight excluding hydrogens is 460 g/mol. The van der Waals surface area contributed by atoms with Crippen LogP contribution in [0.5, 0.6) is 23.0 Å². The van der Waals surface area contributed by atoms with Crippen LogP contribution in [0.1, 0.15) is 35.3 Å².